The number of hydrogen-bond donors (Lipinski definition) is 0. The Balaban J connectivity index is 0.00000451. The highest BCUT2D eigenvalue weighted by atomic mass is 35.5. The summed E-state index contributed by atoms with van der Waals surface area (Å²) in [6.07, 6.45) is 4.60. The van der Waals surface area contributed by atoms with E-state index in [1.807, 2.05) is 0 Å². The molecule has 2 N–H and O–H groups in total. The molecule has 6 rings (SSSR count). The Kier molecular flexibility index (Phi) is 10.8. The van der Waals surface area contributed by atoms with Gasteiger partial charge in [-0.3, -0.25) is 9.59 Å². The first-order valence-corrected chi connectivity index (χ1v) is 17.3. The molecule has 11 nitrogen and oxygen atoms in total. The van der Waals surface area contributed by atoms with E-state index in [-0.39, 0.29) is 63.6 Å². The number of ether oxygens (including phenoxy) is 3. The van der Waals surface area contributed by atoms with Crippen LogP contribution in [0.3, 0.4) is 0 Å². The number of likely N-dealkylation sites (N-methyl/N-ethyl adjacent to an activating group) is 1. The van der Waals surface area contributed by atoms with E-state index >= 15 is 0 Å². The summed E-state index contributed by atoms with van der Waals surface area (Å²) >= 11 is 12.9. The number of sulfonamides is 1. The highest BCUT2D eigenvalue weighted by molar-refractivity contribution is 7.89. The molecule has 1 saturated carbocycles. The molecule has 1 aliphatic carbocycles. The summed E-state index contributed by atoms with van der Waals surface area (Å²) in [5.74, 6) is -0.743. The van der Waals surface area contributed by atoms with Crippen molar-refractivity contribution in [3.8, 4) is 11.5 Å². The topological polar surface area (TPSA) is 147 Å². The lowest BCUT2D eigenvalue weighted by atomic mass is 10.0. The highest BCUT2D eigenvalue weighted by Gasteiger charge is 2.42. The van der Waals surface area contributed by atoms with E-state index in [1.54, 1.807) is 13.1 Å². The number of anilines is 1. The molecule has 0 spiro atoms. The average molecular weight is 729 g/mol. The number of nitrogens with one attached hydrogen (secondary N) is 1. The molecule has 2 fully saturated rings. The molecule has 0 radical (unpaired) electrons. The number of esters is 1. The van der Waals surface area contributed by atoms with Crippen molar-refractivity contribution >= 4 is 50.8 Å². The third kappa shape index (κ3) is 7.52. The van der Waals surface area contributed by atoms with Crippen molar-refractivity contribution in [2.24, 2.45) is 5.92 Å². The van der Waals surface area contributed by atoms with Crippen LogP contribution in [0, 0.1) is 5.92 Å². The van der Waals surface area contributed by atoms with Gasteiger partial charge in [0.25, 0.3) is 0 Å². The molecule has 3 aromatic rings. The van der Waals surface area contributed by atoms with Crippen LogP contribution in [0.2, 0.25) is 10.0 Å². The molecule has 2 aliphatic heterocycles. The lowest BCUT2D eigenvalue weighted by Gasteiger charge is -2.26. The molecule has 1 saturated heterocycles. The van der Waals surface area contributed by atoms with Crippen LogP contribution in [0.1, 0.15) is 48.5 Å². The zero-order valence-corrected chi connectivity index (χ0v) is 28.0. The molecule has 1 aromatic heterocycles. The average Bonchev–Trinajstić information content (AvgIpc) is 3.63. The first-order chi connectivity index (χ1) is 22.4. The number of nitrogens with zero attached hydrogens (tertiary/aromatic N) is 2. The maximum atomic E-state index is 13.9. The molecule has 1 amide bonds. The first-order valence-electron chi connectivity index (χ1n) is 15.1. The number of hydrogen-bond acceptors (Lipinski definition) is 8. The van der Waals surface area contributed by atoms with Crippen LogP contribution in [-0.2, 0) is 37.2 Å². The van der Waals surface area contributed by atoms with Gasteiger partial charge < -0.3 is 24.6 Å². The summed E-state index contributed by atoms with van der Waals surface area (Å²) in [5.41, 5.74) is 2.05. The minimum Gasteiger partial charge on any atom is -0.870 e. The van der Waals surface area contributed by atoms with Crippen LogP contribution in [0.25, 0.3) is 0 Å². The summed E-state index contributed by atoms with van der Waals surface area (Å²) in [7, 11) is -2.52. The number of benzene rings is 2. The van der Waals surface area contributed by atoms with Crippen LogP contribution < -0.4 is 19.4 Å². The molecular formula is C32H33Cl2F2N3O8S. The van der Waals surface area contributed by atoms with E-state index in [4.69, 9.17) is 32.7 Å². The van der Waals surface area contributed by atoms with Crippen molar-refractivity contribution in [3.63, 3.8) is 0 Å². The third-order valence-electron chi connectivity index (χ3n) is 8.58. The minimum atomic E-state index is -4.15. The molecule has 16 heteroatoms. The van der Waals surface area contributed by atoms with Crippen molar-refractivity contribution in [2.45, 2.75) is 62.2 Å². The number of amides is 1. The Morgan fingerprint density at radius 3 is 2.48 bits per heavy atom. The van der Waals surface area contributed by atoms with E-state index < -0.39 is 34.7 Å². The first kappa shape index (κ1) is 35.7. The van der Waals surface area contributed by atoms with Crippen molar-refractivity contribution in [1.82, 2.24) is 4.31 Å². The van der Waals surface area contributed by atoms with Gasteiger partial charge >= 0.3 is 12.6 Å². The predicted molar refractivity (Wildman–Crippen MR) is 169 cm³/mol. The second kappa shape index (κ2) is 14.5. The van der Waals surface area contributed by atoms with Gasteiger partial charge in [-0.2, -0.15) is 13.1 Å². The minimum absolute atomic E-state index is 0. The van der Waals surface area contributed by atoms with Crippen molar-refractivity contribution < 1.29 is 51.5 Å². The molecule has 3 heterocycles. The number of alkyl halides is 2. The quantitative estimate of drug-likeness (QED) is 0.231. The molecule has 258 valence electrons. The zero-order chi connectivity index (χ0) is 33.5. The second-order valence-corrected chi connectivity index (χ2v) is 14.5. The lowest BCUT2D eigenvalue weighted by Crippen LogP contribution is -2.41. The summed E-state index contributed by atoms with van der Waals surface area (Å²) in [6, 6.07) is 7.61. The van der Waals surface area contributed by atoms with Crippen LogP contribution in [0.5, 0.6) is 11.5 Å². The van der Waals surface area contributed by atoms with Gasteiger partial charge in [0, 0.05) is 31.3 Å². The van der Waals surface area contributed by atoms with Crippen LogP contribution in [-0.4, -0.2) is 62.9 Å². The molecule has 2 aromatic carbocycles. The van der Waals surface area contributed by atoms with Gasteiger partial charge in [-0.15, -0.1) is 0 Å². The van der Waals surface area contributed by atoms with Gasteiger partial charge in [-0.25, -0.2) is 13.4 Å². The van der Waals surface area contributed by atoms with E-state index in [2.05, 4.69) is 9.72 Å². The number of H-pyrrole nitrogens is 1. The van der Waals surface area contributed by atoms with Crippen LogP contribution >= 0.6 is 23.2 Å². The SMILES string of the molecule is CN1C(=O)Cc2cc(S(=O)(=O)N3CCC[C@H]3C(=O)O[C@@H](Cc3c(Cl)c[nH+]cc3Cl)c3ccc(OC(F)F)c(OCC4CC4)c3)ccc21.[OH-]. The number of rotatable bonds is 12. The largest absolute Gasteiger partial charge is 0.870 e. The van der Waals surface area contributed by atoms with E-state index in [0.717, 1.165) is 17.1 Å². The molecule has 0 unspecified atom stereocenters. The number of fused-ring (bicyclic) bond motifs is 1. The standard InChI is InChI=1S/C32H31Cl2F2N3O7S.H2O/c1-38-25-8-7-21(11-20(25)13-30(38)40)47(42,43)39-10-2-3-26(39)31(41)45-28(14-22-23(33)15-37-16-24(22)34)19-6-9-27(46-32(35)36)29(12-19)44-17-18-4-5-18;/h6-9,11-12,15-16,18,26,28,32H,2-5,10,13-14,17H2,1H3;1H2/t26-,28-;/m0./s1. The maximum Gasteiger partial charge on any atom is 0.387 e. The number of halogens is 4. The molecule has 2 atom stereocenters. The molecule has 3 aliphatic rings. The fourth-order valence-corrected chi connectivity index (χ4v) is 8.06. The van der Waals surface area contributed by atoms with Crippen LogP contribution in [0.4, 0.5) is 14.5 Å². The number of carbonyl (C=O) groups is 2. The number of aromatic nitrogens is 1. The van der Waals surface area contributed by atoms with Crippen molar-refractivity contribution in [2.75, 3.05) is 25.1 Å². The van der Waals surface area contributed by atoms with Gasteiger partial charge in [0.2, 0.25) is 15.9 Å². The Labute approximate surface area is 286 Å². The molecular weight excluding hydrogens is 695 g/mol. The normalized spacial score (nSPS) is 18.4. The maximum absolute atomic E-state index is 13.9. The summed E-state index contributed by atoms with van der Waals surface area (Å²) in [5, 5.41) is 0.541. The van der Waals surface area contributed by atoms with Crippen LogP contribution in [0.15, 0.2) is 53.7 Å². The van der Waals surface area contributed by atoms with Gasteiger partial charge in [0.15, 0.2) is 23.9 Å². The fourth-order valence-electron chi connectivity index (χ4n) is 5.83. The van der Waals surface area contributed by atoms with E-state index in [9.17, 15) is 26.8 Å². The van der Waals surface area contributed by atoms with Gasteiger partial charge in [0.1, 0.15) is 22.2 Å². The smallest absolute Gasteiger partial charge is 0.387 e. The second-order valence-electron chi connectivity index (χ2n) is 11.8. The predicted octanol–water partition coefficient (Wildman–Crippen LogP) is 5.22. The van der Waals surface area contributed by atoms with Gasteiger partial charge in [-0.1, -0.05) is 29.3 Å². The van der Waals surface area contributed by atoms with Crippen molar-refractivity contribution in [1.29, 1.82) is 0 Å². The Bertz CT molecular complexity index is 1790. The Hall–Kier alpha value is -3.56. The lowest BCUT2D eigenvalue weighted by molar-refractivity contribution is -0.377. The van der Waals surface area contributed by atoms with Crippen molar-refractivity contribution in [3.05, 3.63) is 75.5 Å². The van der Waals surface area contributed by atoms with E-state index in [1.165, 1.54) is 47.6 Å². The van der Waals surface area contributed by atoms with Gasteiger partial charge in [0.05, 0.1) is 17.9 Å². The van der Waals surface area contributed by atoms with Gasteiger partial charge in [-0.05, 0) is 73.1 Å². The summed E-state index contributed by atoms with van der Waals surface area (Å²) in [4.78, 5) is 30.3. The fraction of sp³-hybridized carbons (Fsp3) is 0.406. The zero-order valence-electron chi connectivity index (χ0n) is 25.7. The number of carbonyl (C=O) groups excluding carboxylic acids is 2. The monoisotopic (exact) mass is 727 g/mol. The summed E-state index contributed by atoms with van der Waals surface area (Å²) in [6.45, 7) is -2.69. The summed E-state index contributed by atoms with van der Waals surface area (Å²) < 4.78 is 71.8. The number of pyridine rings is 1. The number of aromatic amines is 1. The Morgan fingerprint density at radius 2 is 1.79 bits per heavy atom. The molecule has 48 heavy (non-hydrogen) atoms. The third-order valence-corrected chi connectivity index (χ3v) is 11.2. The molecule has 0 bridgehead atoms. The Morgan fingerprint density at radius 1 is 1.06 bits per heavy atom. The highest BCUT2D eigenvalue weighted by Crippen LogP contribution is 2.39. The van der Waals surface area contributed by atoms with E-state index in [0.29, 0.717) is 41.3 Å².